The molecule has 0 aliphatic carbocycles. The molecule has 1 aromatic carbocycles. The summed E-state index contributed by atoms with van der Waals surface area (Å²) in [6, 6.07) is 7.02. The molecule has 1 unspecified atom stereocenters. The van der Waals surface area contributed by atoms with Gasteiger partial charge in [-0.2, -0.15) is 0 Å². The Bertz CT molecular complexity index is 316. The molecular formula is C12H15ClO. The van der Waals surface area contributed by atoms with Crippen LogP contribution in [0, 0.1) is 0 Å². The van der Waals surface area contributed by atoms with Crippen molar-refractivity contribution in [3.05, 3.63) is 42.0 Å². The lowest BCUT2D eigenvalue weighted by atomic mass is 9.95. The maximum absolute atomic E-state index is 9.16. The zero-order valence-corrected chi connectivity index (χ0v) is 9.25. The van der Waals surface area contributed by atoms with Crippen LogP contribution in [0.1, 0.15) is 25.8 Å². The minimum atomic E-state index is -0.442. The monoisotopic (exact) mass is 210 g/mol. The molecule has 1 aromatic rings. The number of allylic oxidation sites excluding steroid dienone is 2. The number of hydrogen-bond acceptors (Lipinski definition) is 1. The summed E-state index contributed by atoms with van der Waals surface area (Å²) < 4.78 is 0. The summed E-state index contributed by atoms with van der Waals surface area (Å²) in [6.45, 7) is 3.99. The van der Waals surface area contributed by atoms with E-state index in [1.807, 2.05) is 38.1 Å². The standard InChI is InChI=1S/C12H15ClO/c1-3-9-12(13,4-2)10-5-7-11(14)8-6-10/h3,5-9,14H,4H2,1-2H3/b9-3-. The molecule has 0 aliphatic heterocycles. The zero-order chi connectivity index (χ0) is 10.6. The molecule has 1 nitrogen and oxygen atoms in total. The SMILES string of the molecule is C/C=C\C(Cl)(CC)c1ccc(O)cc1. The van der Waals surface area contributed by atoms with Gasteiger partial charge in [-0.15, -0.1) is 11.6 Å². The quantitative estimate of drug-likeness (QED) is 0.594. The first kappa shape index (κ1) is 11.1. The van der Waals surface area contributed by atoms with Gasteiger partial charge < -0.3 is 5.11 Å². The molecule has 0 amide bonds. The highest BCUT2D eigenvalue weighted by Gasteiger charge is 2.23. The topological polar surface area (TPSA) is 20.2 Å². The van der Waals surface area contributed by atoms with E-state index >= 15 is 0 Å². The normalized spacial score (nSPS) is 15.6. The number of halogens is 1. The Kier molecular flexibility index (Phi) is 3.59. The van der Waals surface area contributed by atoms with Crippen molar-refractivity contribution in [3.63, 3.8) is 0 Å². The number of rotatable bonds is 3. The minimum absolute atomic E-state index is 0.268. The molecule has 0 spiro atoms. The third-order valence-electron chi connectivity index (χ3n) is 2.29. The van der Waals surface area contributed by atoms with E-state index in [-0.39, 0.29) is 5.75 Å². The van der Waals surface area contributed by atoms with Crippen LogP contribution in [0.4, 0.5) is 0 Å². The summed E-state index contributed by atoms with van der Waals surface area (Å²) in [7, 11) is 0. The predicted octanol–water partition coefficient (Wildman–Crippen LogP) is 3.81. The molecule has 2 heteroatoms. The number of phenols is 1. The summed E-state index contributed by atoms with van der Waals surface area (Å²) >= 11 is 6.43. The number of phenolic OH excluding ortho intramolecular Hbond substituents is 1. The molecule has 1 rings (SSSR count). The van der Waals surface area contributed by atoms with Crippen molar-refractivity contribution in [2.24, 2.45) is 0 Å². The van der Waals surface area contributed by atoms with Crippen molar-refractivity contribution in [2.45, 2.75) is 25.1 Å². The Balaban J connectivity index is 3.06. The molecule has 76 valence electrons. The first-order chi connectivity index (χ1) is 6.62. The van der Waals surface area contributed by atoms with Crippen LogP contribution in [0.25, 0.3) is 0 Å². The van der Waals surface area contributed by atoms with E-state index in [1.165, 1.54) is 0 Å². The summed E-state index contributed by atoms with van der Waals surface area (Å²) in [5, 5.41) is 9.16. The van der Waals surface area contributed by atoms with Crippen LogP contribution in [-0.4, -0.2) is 5.11 Å². The number of aromatic hydroxyl groups is 1. The molecule has 0 saturated carbocycles. The van der Waals surface area contributed by atoms with Gasteiger partial charge >= 0.3 is 0 Å². The van der Waals surface area contributed by atoms with Crippen molar-refractivity contribution < 1.29 is 5.11 Å². The highest BCUT2D eigenvalue weighted by molar-refractivity contribution is 6.25. The lowest BCUT2D eigenvalue weighted by Gasteiger charge is -2.22. The first-order valence-electron chi connectivity index (χ1n) is 4.74. The van der Waals surface area contributed by atoms with Gasteiger partial charge in [0.05, 0.1) is 4.87 Å². The van der Waals surface area contributed by atoms with Crippen LogP contribution in [0.3, 0.4) is 0 Å². The molecule has 0 radical (unpaired) electrons. The van der Waals surface area contributed by atoms with E-state index in [9.17, 15) is 0 Å². The molecule has 0 saturated heterocycles. The molecule has 1 atom stereocenters. The van der Waals surface area contributed by atoms with Crippen molar-refractivity contribution >= 4 is 11.6 Å². The van der Waals surface area contributed by atoms with Crippen LogP contribution in [0.5, 0.6) is 5.75 Å². The molecule has 14 heavy (non-hydrogen) atoms. The van der Waals surface area contributed by atoms with E-state index in [4.69, 9.17) is 16.7 Å². The second-order valence-electron chi connectivity index (χ2n) is 3.26. The van der Waals surface area contributed by atoms with Crippen LogP contribution in [0.15, 0.2) is 36.4 Å². The fourth-order valence-electron chi connectivity index (χ4n) is 1.42. The first-order valence-corrected chi connectivity index (χ1v) is 5.12. The van der Waals surface area contributed by atoms with Crippen molar-refractivity contribution in [1.82, 2.24) is 0 Å². The molecular weight excluding hydrogens is 196 g/mol. The van der Waals surface area contributed by atoms with Gasteiger partial charge in [0.2, 0.25) is 0 Å². The Hall–Kier alpha value is -0.950. The predicted molar refractivity (Wildman–Crippen MR) is 60.7 cm³/mol. The smallest absolute Gasteiger partial charge is 0.115 e. The van der Waals surface area contributed by atoms with Gasteiger partial charge in [0.1, 0.15) is 5.75 Å². The zero-order valence-electron chi connectivity index (χ0n) is 8.50. The van der Waals surface area contributed by atoms with Crippen molar-refractivity contribution in [1.29, 1.82) is 0 Å². The van der Waals surface area contributed by atoms with Crippen molar-refractivity contribution in [2.75, 3.05) is 0 Å². The van der Waals surface area contributed by atoms with Crippen molar-refractivity contribution in [3.8, 4) is 5.75 Å². The number of hydrogen-bond donors (Lipinski definition) is 1. The fourth-order valence-corrected chi connectivity index (χ4v) is 1.67. The Morgan fingerprint density at radius 3 is 2.36 bits per heavy atom. The van der Waals surface area contributed by atoms with Crippen LogP contribution >= 0.6 is 11.6 Å². The Morgan fingerprint density at radius 1 is 1.36 bits per heavy atom. The third kappa shape index (κ3) is 2.30. The molecule has 1 N–H and O–H groups in total. The summed E-state index contributed by atoms with van der Waals surface area (Å²) in [5.74, 6) is 0.268. The second-order valence-corrected chi connectivity index (χ2v) is 3.94. The van der Waals surface area contributed by atoms with E-state index in [2.05, 4.69) is 0 Å². The van der Waals surface area contributed by atoms with Gasteiger partial charge in [-0.1, -0.05) is 31.2 Å². The van der Waals surface area contributed by atoms with E-state index < -0.39 is 4.87 Å². The highest BCUT2D eigenvalue weighted by Crippen LogP contribution is 2.34. The number of alkyl halides is 1. The molecule has 0 fully saturated rings. The maximum atomic E-state index is 9.16. The Morgan fingerprint density at radius 2 is 1.93 bits per heavy atom. The van der Waals surface area contributed by atoms with Gasteiger partial charge in [-0.3, -0.25) is 0 Å². The van der Waals surface area contributed by atoms with Crippen LogP contribution < -0.4 is 0 Å². The van der Waals surface area contributed by atoms with E-state index in [0.717, 1.165) is 12.0 Å². The van der Waals surface area contributed by atoms with Gasteiger partial charge in [0.25, 0.3) is 0 Å². The maximum Gasteiger partial charge on any atom is 0.115 e. The fraction of sp³-hybridized carbons (Fsp3) is 0.333. The summed E-state index contributed by atoms with van der Waals surface area (Å²) in [4.78, 5) is -0.442. The van der Waals surface area contributed by atoms with E-state index in [1.54, 1.807) is 12.1 Å². The van der Waals surface area contributed by atoms with E-state index in [0.29, 0.717) is 0 Å². The third-order valence-corrected chi connectivity index (χ3v) is 2.90. The van der Waals surface area contributed by atoms with Gasteiger partial charge in [-0.25, -0.2) is 0 Å². The van der Waals surface area contributed by atoms with Gasteiger partial charge in [0, 0.05) is 0 Å². The molecule has 0 bridgehead atoms. The van der Waals surface area contributed by atoms with Gasteiger partial charge in [-0.05, 0) is 31.0 Å². The summed E-state index contributed by atoms with van der Waals surface area (Å²) in [5.41, 5.74) is 1.01. The molecule has 0 aromatic heterocycles. The largest absolute Gasteiger partial charge is 0.508 e. The summed E-state index contributed by atoms with van der Waals surface area (Å²) in [6.07, 6.45) is 4.74. The average Bonchev–Trinajstić information content (AvgIpc) is 2.19. The molecule has 0 aliphatic rings. The highest BCUT2D eigenvalue weighted by atomic mass is 35.5. The second kappa shape index (κ2) is 4.52. The van der Waals surface area contributed by atoms with Gasteiger partial charge in [0.15, 0.2) is 0 Å². The number of benzene rings is 1. The lowest BCUT2D eigenvalue weighted by molar-refractivity contribution is 0.475. The minimum Gasteiger partial charge on any atom is -0.508 e. The van der Waals surface area contributed by atoms with Crippen LogP contribution in [-0.2, 0) is 4.87 Å². The molecule has 0 heterocycles. The van der Waals surface area contributed by atoms with Crippen LogP contribution in [0.2, 0.25) is 0 Å². The average molecular weight is 211 g/mol. The Labute approximate surface area is 90.0 Å². The lowest BCUT2D eigenvalue weighted by Crippen LogP contribution is -2.13.